The van der Waals surface area contributed by atoms with E-state index in [4.69, 9.17) is 5.26 Å². The second kappa shape index (κ2) is 1.67. The van der Waals surface area contributed by atoms with Crippen LogP contribution in [-0.2, 0) is 0 Å². The lowest BCUT2D eigenvalue weighted by Gasteiger charge is -2.34. The maximum absolute atomic E-state index is 8.90. The van der Waals surface area contributed by atoms with Crippen molar-refractivity contribution in [3.63, 3.8) is 0 Å². The smallest absolute Gasteiger partial charge is 0.241 e. The van der Waals surface area contributed by atoms with Crippen molar-refractivity contribution in [3.8, 4) is 6.07 Å². The van der Waals surface area contributed by atoms with E-state index >= 15 is 0 Å². The zero-order valence-corrected chi connectivity index (χ0v) is 6.88. The summed E-state index contributed by atoms with van der Waals surface area (Å²) >= 11 is 0. The van der Waals surface area contributed by atoms with Crippen LogP contribution in [0.15, 0.2) is 12.7 Å². The van der Waals surface area contributed by atoms with Gasteiger partial charge < -0.3 is 0 Å². The Kier molecular flexibility index (Phi) is 1.05. The van der Waals surface area contributed by atoms with Gasteiger partial charge in [-0.3, -0.25) is 4.48 Å². The normalized spacial score (nSPS) is 48.0. The Balaban J connectivity index is 2.20. The van der Waals surface area contributed by atoms with Crippen LogP contribution in [0, 0.1) is 11.3 Å². The van der Waals surface area contributed by atoms with Crippen LogP contribution in [-0.4, -0.2) is 29.2 Å². The minimum Gasteiger partial charge on any atom is -0.290 e. The molecule has 2 fully saturated rings. The molecule has 2 heteroatoms. The van der Waals surface area contributed by atoms with Crippen molar-refractivity contribution < 1.29 is 4.48 Å². The number of nitrogens with zero attached hydrogens (tertiary/aromatic N) is 2. The highest BCUT2D eigenvalue weighted by atomic mass is 15.6. The third-order valence-corrected chi connectivity index (χ3v) is 3.55. The first-order valence-corrected chi connectivity index (χ1v) is 4.11. The van der Waals surface area contributed by atoms with E-state index < -0.39 is 0 Å². The van der Waals surface area contributed by atoms with Gasteiger partial charge in [0.1, 0.15) is 12.1 Å². The maximum atomic E-state index is 8.90. The highest BCUT2D eigenvalue weighted by Crippen LogP contribution is 2.56. The molecule has 0 aromatic carbocycles. The molecule has 2 saturated heterocycles. The van der Waals surface area contributed by atoms with E-state index in [0.29, 0.717) is 6.04 Å². The van der Waals surface area contributed by atoms with Gasteiger partial charge in [0, 0.05) is 0 Å². The fraction of sp³-hybridized carbons (Fsp3) is 0.667. The van der Waals surface area contributed by atoms with E-state index in [9.17, 15) is 0 Å². The summed E-state index contributed by atoms with van der Waals surface area (Å²) < 4.78 is 1.01. The molecule has 0 aromatic heterocycles. The van der Waals surface area contributed by atoms with E-state index in [0.717, 1.165) is 17.4 Å². The second-order valence-electron chi connectivity index (χ2n) is 3.79. The summed E-state index contributed by atoms with van der Waals surface area (Å²) in [7, 11) is 0. The zero-order chi connectivity index (χ0) is 8.11. The Morgan fingerprint density at radius 1 is 1.82 bits per heavy atom. The fourth-order valence-corrected chi connectivity index (χ4v) is 2.39. The molecule has 0 aromatic rings. The average Bonchev–Trinajstić information content (AvgIpc) is 2.50. The Bertz CT molecular complexity index is 253. The number of quaternary nitrogens is 1. The third kappa shape index (κ3) is 0.521. The molecule has 0 N–H and O–H groups in total. The lowest BCUT2D eigenvalue weighted by molar-refractivity contribution is -0.876. The first kappa shape index (κ1) is 6.87. The Morgan fingerprint density at radius 3 is 2.82 bits per heavy atom. The molecule has 0 aliphatic carbocycles. The summed E-state index contributed by atoms with van der Waals surface area (Å²) in [5, 5.41) is 8.90. The molecule has 3 atom stereocenters. The average molecular weight is 149 g/mol. The van der Waals surface area contributed by atoms with E-state index in [-0.39, 0.29) is 5.54 Å². The fourth-order valence-electron chi connectivity index (χ4n) is 2.39. The summed E-state index contributed by atoms with van der Waals surface area (Å²) in [6, 6.07) is 2.91. The summed E-state index contributed by atoms with van der Waals surface area (Å²) in [4.78, 5) is 0. The summed E-state index contributed by atoms with van der Waals surface area (Å²) in [6.07, 6.45) is 3.07. The number of hydrogen-bond acceptors (Lipinski definition) is 1. The second-order valence-corrected chi connectivity index (χ2v) is 3.79. The van der Waals surface area contributed by atoms with Gasteiger partial charge in [0.25, 0.3) is 0 Å². The highest BCUT2D eigenvalue weighted by molar-refractivity contribution is 5.19. The monoisotopic (exact) mass is 149 g/mol. The number of rotatable bonds is 2. The van der Waals surface area contributed by atoms with Crippen molar-refractivity contribution >= 4 is 0 Å². The standard InChI is InChI=1S/C9H13N2/c1-3-8(2)11-5-4-9(11,6-10)7-11/h3,8H,1,4-5,7H2,2H3/q+1/t8?,9-,11?/m1/s1. The molecule has 58 valence electrons. The third-order valence-electron chi connectivity index (χ3n) is 3.55. The summed E-state index contributed by atoms with van der Waals surface area (Å²) in [6.45, 7) is 8.18. The molecule has 2 rings (SSSR count). The largest absolute Gasteiger partial charge is 0.290 e. The van der Waals surface area contributed by atoms with E-state index in [1.807, 2.05) is 6.08 Å². The number of nitriles is 1. The SMILES string of the molecule is C=CC(C)[N+]12CC[C@@]1(C#N)C2. The minimum atomic E-state index is 0.0214. The number of hydrogen-bond donors (Lipinski definition) is 0. The van der Waals surface area contributed by atoms with Crippen LogP contribution < -0.4 is 0 Å². The van der Waals surface area contributed by atoms with Gasteiger partial charge >= 0.3 is 0 Å². The lowest BCUT2D eigenvalue weighted by atomic mass is 9.98. The minimum absolute atomic E-state index is 0.0214. The van der Waals surface area contributed by atoms with Crippen molar-refractivity contribution in [2.45, 2.75) is 24.9 Å². The quantitative estimate of drug-likeness (QED) is 0.327. The topological polar surface area (TPSA) is 23.8 Å². The number of fused-ring (bicyclic) bond motifs is 1. The molecule has 0 radical (unpaired) electrons. The highest BCUT2D eigenvalue weighted by Gasteiger charge is 2.79. The van der Waals surface area contributed by atoms with Crippen LogP contribution in [0.3, 0.4) is 0 Å². The first-order chi connectivity index (χ1) is 5.21. The maximum Gasteiger partial charge on any atom is 0.241 e. The van der Waals surface area contributed by atoms with Gasteiger partial charge in [-0.05, 0) is 13.0 Å². The van der Waals surface area contributed by atoms with Crippen LogP contribution >= 0.6 is 0 Å². The Hall–Kier alpha value is -0.810. The van der Waals surface area contributed by atoms with Crippen LogP contribution in [0.1, 0.15) is 13.3 Å². The van der Waals surface area contributed by atoms with Crippen molar-refractivity contribution in [1.82, 2.24) is 0 Å². The van der Waals surface area contributed by atoms with Gasteiger partial charge in [0.05, 0.1) is 13.0 Å². The molecule has 0 amide bonds. The van der Waals surface area contributed by atoms with Crippen LogP contribution in [0.5, 0.6) is 0 Å². The molecule has 2 nitrogen and oxygen atoms in total. The summed E-state index contributed by atoms with van der Waals surface area (Å²) in [5.74, 6) is 0. The van der Waals surface area contributed by atoms with Gasteiger partial charge in [-0.15, -0.1) is 0 Å². The van der Waals surface area contributed by atoms with Gasteiger partial charge in [-0.2, -0.15) is 5.26 Å². The van der Waals surface area contributed by atoms with Crippen molar-refractivity contribution in [2.24, 2.45) is 0 Å². The Morgan fingerprint density at radius 2 is 2.55 bits per heavy atom. The molecular weight excluding hydrogens is 136 g/mol. The first-order valence-electron chi connectivity index (χ1n) is 4.11. The van der Waals surface area contributed by atoms with E-state index in [2.05, 4.69) is 19.6 Å². The predicted octanol–water partition coefficient (Wildman–Crippen LogP) is 1.06. The molecule has 2 heterocycles. The Labute approximate surface area is 67.3 Å². The molecular formula is C9H13N2+. The van der Waals surface area contributed by atoms with Crippen LogP contribution in [0.4, 0.5) is 0 Å². The molecule has 11 heavy (non-hydrogen) atoms. The molecule has 2 aliphatic heterocycles. The van der Waals surface area contributed by atoms with Crippen LogP contribution in [0.25, 0.3) is 0 Å². The molecule has 0 saturated carbocycles. The van der Waals surface area contributed by atoms with Gasteiger partial charge in [-0.1, -0.05) is 6.58 Å². The van der Waals surface area contributed by atoms with Gasteiger partial charge in [-0.25, -0.2) is 0 Å². The van der Waals surface area contributed by atoms with E-state index in [1.165, 1.54) is 6.54 Å². The lowest BCUT2D eigenvalue weighted by Crippen LogP contribution is -2.51. The predicted molar refractivity (Wildman–Crippen MR) is 42.6 cm³/mol. The molecule has 0 spiro atoms. The van der Waals surface area contributed by atoms with Crippen molar-refractivity contribution in [3.05, 3.63) is 12.7 Å². The van der Waals surface area contributed by atoms with Gasteiger partial charge in [0.15, 0.2) is 6.54 Å². The molecule has 0 bridgehead atoms. The van der Waals surface area contributed by atoms with Gasteiger partial charge in [0.2, 0.25) is 5.54 Å². The van der Waals surface area contributed by atoms with Crippen molar-refractivity contribution in [2.75, 3.05) is 13.1 Å². The van der Waals surface area contributed by atoms with Crippen LogP contribution in [0.2, 0.25) is 0 Å². The molecule has 2 aliphatic rings. The summed E-state index contributed by atoms with van der Waals surface area (Å²) in [5.41, 5.74) is 0.0214. The van der Waals surface area contributed by atoms with Crippen molar-refractivity contribution in [1.29, 1.82) is 5.26 Å². The van der Waals surface area contributed by atoms with E-state index in [1.54, 1.807) is 0 Å². The zero-order valence-electron chi connectivity index (χ0n) is 6.88. The molecule has 2 unspecified atom stereocenters.